The molecule has 0 aliphatic heterocycles. The van der Waals surface area contributed by atoms with E-state index in [1.807, 2.05) is 0 Å². The van der Waals surface area contributed by atoms with Crippen LogP contribution >= 0.6 is 0 Å². The SMILES string of the molecule is [N-]=[N+]=NCc1ccc(C(=O)O)cn1. The summed E-state index contributed by atoms with van der Waals surface area (Å²) in [5.74, 6) is -1.03. The molecule has 13 heavy (non-hydrogen) atoms. The summed E-state index contributed by atoms with van der Waals surface area (Å²) in [7, 11) is 0. The van der Waals surface area contributed by atoms with Gasteiger partial charge in [0.15, 0.2) is 0 Å². The lowest BCUT2D eigenvalue weighted by Gasteiger charge is -1.95. The second-order valence-electron chi connectivity index (χ2n) is 2.23. The maximum Gasteiger partial charge on any atom is 0.337 e. The van der Waals surface area contributed by atoms with Gasteiger partial charge in [-0.15, -0.1) is 0 Å². The minimum absolute atomic E-state index is 0.115. The molecular weight excluding hydrogens is 172 g/mol. The van der Waals surface area contributed by atoms with Crippen LogP contribution in [0.5, 0.6) is 0 Å². The minimum Gasteiger partial charge on any atom is -0.478 e. The third-order valence-electron chi connectivity index (χ3n) is 1.37. The van der Waals surface area contributed by atoms with Gasteiger partial charge in [-0.25, -0.2) is 4.79 Å². The number of pyridine rings is 1. The number of aromatic nitrogens is 1. The lowest BCUT2D eigenvalue weighted by molar-refractivity contribution is 0.0696. The van der Waals surface area contributed by atoms with Gasteiger partial charge in [0.2, 0.25) is 0 Å². The van der Waals surface area contributed by atoms with Crippen LogP contribution in [0.1, 0.15) is 16.1 Å². The van der Waals surface area contributed by atoms with Gasteiger partial charge in [0.1, 0.15) is 0 Å². The maximum absolute atomic E-state index is 10.4. The van der Waals surface area contributed by atoms with E-state index in [1.54, 1.807) is 0 Å². The molecule has 0 aliphatic carbocycles. The van der Waals surface area contributed by atoms with E-state index in [0.717, 1.165) is 0 Å². The van der Waals surface area contributed by atoms with Crippen molar-refractivity contribution in [3.63, 3.8) is 0 Å². The normalized spacial score (nSPS) is 8.92. The number of aromatic carboxylic acids is 1. The van der Waals surface area contributed by atoms with Gasteiger partial charge in [0.05, 0.1) is 12.1 Å². The highest BCUT2D eigenvalue weighted by molar-refractivity contribution is 5.87. The zero-order valence-electron chi connectivity index (χ0n) is 6.58. The molecule has 0 atom stereocenters. The fraction of sp³-hybridized carbons (Fsp3) is 0.143. The van der Waals surface area contributed by atoms with Gasteiger partial charge in [-0.3, -0.25) is 4.98 Å². The zero-order chi connectivity index (χ0) is 9.68. The first-order chi connectivity index (χ1) is 6.24. The molecule has 1 N–H and O–H groups in total. The smallest absolute Gasteiger partial charge is 0.337 e. The Bertz CT molecular complexity index is 353. The molecule has 1 rings (SSSR count). The summed E-state index contributed by atoms with van der Waals surface area (Å²) in [4.78, 5) is 16.8. The zero-order valence-corrected chi connectivity index (χ0v) is 6.58. The van der Waals surface area contributed by atoms with Crippen molar-refractivity contribution < 1.29 is 9.90 Å². The number of azide groups is 1. The van der Waals surface area contributed by atoms with E-state index >= 15 is 0 Å². The van der Waals surface area contributed by atoms with Crippen molar-refractivity contribution in [1.29, 1.82) is 0 Å². The Morgan fingerprint density at radius 2 is 2.46 bits per heavy atom. The Morgan fingerprint density at radius 1 is 1.69 bits per heavy atom. The summed E-state index contributed by atoms with van der Waals surface area (Å²) in [6, 6.07) is 2.93. The van der Waals surface area contributed by atoms with Crippen LogP contribution in [0.3, 0.4) is 0 Å². The molecule has 0 saturated heterocycles. The van der Waals surface area contributed by atoms with Gasteiger partial charge in [0, 0.05) is 16.8 Å². The van der Waals surface area contributed by atoms with E-state index in [4.69, 9.17) is 10.6 Å². The lowest BCUT2D eigenvalue weighted by Crippen LogP contribution is -1.97. The Labute approximate surface area is 73.5 Å². The van der Waals surface area contributed by atoms with Crippen molar-refractivity contribution in [3.05, 3.63) is 40.0 Å². The van der Waals surface area contributed by atoms with E-state index < -0.39 is 5.97 Å². The predicted molar refractivity (Wildman–Crippen MR) is 44.0 cm³/mol. The van der Waals surface area contributed by atoms with Crippen molar-refractivity contribution in [1.82, 2.24) is 4.98 Å². The Morgan fingerprint density at radius 3 is 2.92 bits per heavy atom. The third kappa shape index (κ3) is 2.46. The van der Waals surface area contributed by atoms with Crippen molar-refractivity contribution in [3.8, 4) is 0 Å². The summed E-state index contributed by atoms with van der Waals surface area (Å²) in [6.07, 6.45) is 1.23. The molecule has 6 nitrogen and oxygen atoms in total. The summed E-state index contributed by atoms with van der Waals surface area (Å²) >= 11 is 0. The van der Waals surface area contributed by atoms with Crippen LogP contribution in [0.25, 0.3) is 10.4 Å². The molecule has 0 aliphatic rings. The van der Waals surface area contributed by atoms with Gasteiger partial charge < -0.3 is 5.11 Å². The number of carbonyl (C=O) groups is 1. The van der Waals surface area contributed by atoms with E-state index in [9.17, 15) is 4.79 Å². The van der Waals surface area contributed by atoms with Gasteiger partial charge in [0.25, 0.3) is 0 Å². The highest BCUT2D eigenvalue weighted by Gasteiger charge is 2.01. The van der Waals surface area contributed by atoms with Crippen molar-refractivity contribution in [2.24, 2.45) is 5.11 Å². The van der Waals surface area contributed by atoms with Crippen LogP contribution in [0, 0.1) is 0 Å². The second-order valence-corrected chi connectivity index (χ2v) is 2.23. The molecule has 1 aromatic heterocycles. The molecule has 0 bridgehead atoms. The molecule has 66 valence electrons. The van der Waals surface area contributed by atoms with E-state index in [1.165, 1.54) is 18.3 Å². The summed E-state index contributed by atoms with van der Waals surface area (Å²) < 4.78 is 0. The fourth-order valence-electron chi connectivity index (χ4n) is 0.749. The molecule has 0 unspecified atom stereocenters. The van der Waals surface area contributed by atoms with Crippen LogP contribution in [0.4, 0.5) is 0 Å². The van der Waals surface area contributed by atoms with Crippen LogP contribution < -0.4 is 0 Å². The molecular formula is C7H6N4O2. The van der Waals surface area contributed by atoms with Crippen LogP contribution in [-0.4, -0.2) is 16.1 Å². The Kier molecular flexibility index (Phi) is 2.83. The fourth-order valence-corrected chi connectivity index (χ4v) is 0.749. The third-order valence-corrected chi connectivity index (χ3v) is 1.37. The molecule has 0 aromatic carbocycles. The molecule has 0 radical (unpaired) electrons. The maximum atomic E-state index is 10.4. The van der Waals surface area contributed by atoms with Crippen molar-refractivity contribution in [2.75, 3.05) is 0 Å². The van der Waals surface area contributed by atoms with E-state index in [0.29, 0.717) is 5.69 Å². The summed E-state index contributed by atoms with van der Waals surface area (Å²) in [5.41, 5.74) is 8.67. The monoisotopic (exact) mass is 178 g/mol. The van der Waals surface area contributed by atoms with Crippen molar-refractivity contribution >= 4 is 5.97 Å². The van der Waals surface area contributed by atoms with Gasteiger partial charge >= 0.3 is 5.97 Å². The number of carboxylic acids is 1. The second kappa shape index (κ2) is 4.08. The first kappa shape index (κ1) is 9.02. The number of nitrogens with zero attached hydrogens (tertiary/aromatic N) is 4. The van der Waals surface area contributed by atoms with Crippen LogP contribution in [0.15, 0.2) is 23.4 Å². The summed E-state index contributed by atoms with van der Waals surface area (Å²) in [6.45, 7) is 0.135. The van der Waals surface area contributed by atoms with Gasteiger partial charge in [-0.2, -0.15) is 0 Å². The highest BCUT2D eigenvalue weighted by atomic mass is 16.4. The molecule has 1 heterocycles. The first-order valence-corrected chi connectivity index (χ1v) is 3.43. The quantitative estimate of drug-likeness (QED) is 0.432. The van der Waals surface area contributed by atoms with Crippen molar-refractivity contribution in [2.45, 2.75) is 6.54 Å². The Hall–Kier alpha value is -2.07. The van der Waals surface area contributed by atoms with Gasteiger partial charge in [-0.1, -0.05) is 5.11 Å². The Balaban J connectivity index is 2.80. The minimum atomic E-state index is -1.03. The molecule has 6 heteroatoms. The molecule has 0 amide bonds. The largest absolute Gasteiger partial charge is 0.478 e. The number of hydrogen-bond acceptors (Lipinski definition) is 3. The average Bonchev–Trinajstić information content (AvgIpc) is 2.15. The molecule has 0 fully saturated rings. The topological polar surface area (TPSA) is 99.0 Å². The molecule has 0 saturated carbocycles. The standard InChI is InChI=1S/C7H6N4O2/c8-11-10-4-6-2-1-5(3-9-6)7(12)13/h1-3H,4H2,(H,12,13). The van der Waals surface area contributed by atoms with Crippen LogP contribution in [-0.2, 0) is 6.54 Å². The van der Waals surface area contributed by atoms with Gasteiger partial charge in [-0.05, 0) is 17.7 Å². The molecule has 1 aromatic rings. The van der Waals surface area contributed by atoms with E-state index in [2.05, 4.69) is 15.0 Å². The summed E-state index contributed by atoms with van der Waals surface area (Å²) in [5, 5.41) is 11.8. The number of hydrogen-bond donors (Lipinski definition) is 1. The average molecular weight is 178 g/mol. The predicted octanol–water partition coefficient (Wildman–Crippen LogP) is 1.59. The van der Waals surface area contributed by atoms with E-state index in [-0.39, 0.29) is 12.1 Å². The first-order valence-electron chi connectivity index (χ1n) is 3.43. The number of carboxylic acid groups (broad SMARTS) is 1. The van der Waals surface area contributed by atoms with Crippen LogP contribution in [0.2, 0.25) is 0 Å². The highest BCUT2D eigenvalue weighted by Crippen LogP contribution is 2.01. The number of rotatable bonds is 3. The molecule has 0 spiro atoms. The lowest BCUT2D eigenvalue weighted by atomic mass is 10.2.